The maximum Gasteiger partial charge on any atom is 0.317 e. The monoisotopic (exact) mass is 440 g/mol. The number of rotatable bonds is 5. The van der Waals surface area contributed by atoms with Gasteiger partial charge in [0.25, 0.3) is 11.8 Å². The number of benzene rings is 1. The van der Waals surface area contributed by atoms with Gasteiger partial charge in [-0.25, -0.2) is 4.79 Å². The number of fused-ring (bicyclic) bond motifs is 1. The minimum absolute atomic E-state index is 0.0264. The van der Waals surface area contributed by atoms with E-state index < -0.39 is 29.7 Å². The first-order valence-electron chi connectivity index (χ1n) is 11.3. The molecule has 3 aliphatic rings. The topological polar surface area (TPSA) is 116 Å². The summed E-state index contributed by atoms with van der Waals surface area (Å²) in [7, 11) is 0. The molecule has 2 fully saturated rings. The van der Waals surface area contributed by atoms with E-state index in [0.29, 0.717) is 19.4 Å². The number of urea groups is 1. The normalized spacial score (nSPS) is 21.3. The fourth-order valence-corrected chi connectivity index (χ4v) is 4.55. The van der Waals surface area contributed by atoms with Crippen LogP contribution in [0.1, 0.15) is 71.2 Å². The van der Waals surface area contributed by atoms with E-state index in [4.69, 9.17) is 0 Å². The van der Waals surface area contributed by atoms with Crippen molar-refractivity contribution in [2.24, 2.45) is 0 Å². The van der Waals surface area contributed by atoms with Crippen molar-refractivity contribution in [3.63, 3.8) is 0 Å². The molecule has 1 aromatic carbocycles. The smallest absolute Gasteiger partial charge is 0.317 e. The van der Waals surface area contributed by atoms with Gasteiger partial charge in [0, 0.05) is 26.1 Å². The van der Waals surface area contributed by atoms with Crippen LogP contribution in [-0.2, 0) is 16.0 Å². The van der Waals surface area contributed by atoms with Gasteiger partial charge in [-0.15, -0.1) is 0 Å². The minimum Gasteiger partial charge on any atom is -0.338 e. The maximum absolute atomic E-state index is 12.9. The molecular weight excluding hydrogens is 412 g/mol. The second kappa shape index (κ2) is 9.50. The van der Waals surface area contributed by atoms with Crippen molar-refractivity contribution in [2.75, 3.05) is 19.6 Å². The van der Waals surface area contributed by atoms with Crippen molar-refractivity contribution in [1.82, 2.24) is 20.4 Å². The number of hydrogen-bond donors (Lipinski definition) is 2. The fourth-order valence-electron chi connectivity index (χ4n) is 4.55. The van der Waals surface area contributed by atoms with Crippen LogP contribution in [0.3, 0.4) is 0 Å². The van der Waals surface area contributed by atoms with E-state index >= 15 is 0 Å². The van der Waals surface area contributed by atoms with Gasteiger partial charge in [-0.1, -0.05) is 18.9 Å². The van der Waals surface area contributed by atoms with E-state index in [1.807, 2.05) is 4.90 Å². The third-order valence-corrected chi connectivity index (χ3v) is 6.32. The third-order valence-electron chi connectivity index (χ3n) is 6.32. The molecule has 0 aromatic heterocycles. The number of piperidine rings is 1. The van der Waals surface area contributed by atoms with Crippen molar-refractivity contribution in [2.45, 2.75) is 57.4 Å². The Hall–Kier alpha value is -3.23. The van der Waals surface area contributed by atoms with Gasteiger partial charge < -0.3 is 10.2 Å². The molecule has 9 heteroatoms. The molecule has 2 N–H and O–H groups in total. The highest BCUT2D eigenvalue weighted by Gasteiger charge is 2.44. The Balaban J connectivity index is 1.33. The molecule has 1 atom stereocenters. The van der Waals surface area contributed by atoms with E-state index in [9.17, 15) is 24.0 Å². The Bertz CT molecular complexity index is 952. The molecule has 0 saturated carbocycles. The predicted molar refractivity (Wildman–Crippen MR) is 115 cm³/mol. The Morgan fingerprint density at radius 2 is 1.72 bits per heavy atom. The summed E-state index contributed by atoms with van der Waals surface area (Å²) < 4.78 is 0. The maximum atomic E-state index is 12.9. The highest BCUT2D eigenvalue weighted by atomic mass is 16.2. The van der Waals surface area contributed by atoms with Crippen molar-refractivity contribution in [1.29, 1.82) is 0 Å². The van der Waals surface area contributed by atoms with Gasteiger partial charge in [-0.05, 0) is 49.8 Å². The lowest BCUT2D eigenvalue weighted by molar-refractivity contribution is -0.136. The fraction of sp³-hybridized carbons (Fsp3) is 0.522. The molecule has 2 saturated heterocycles. The molecule has 4 rings (SSSR count). The molecule has 6 amide bonds. The molecule has 0 aliphatic carbocycles. The van der Waals surface area contributed by atoms with Crippen LogP contribution in [0.15, 0.2) is 18.2 Å². The Labute approximate surface area is 186 Å². The summed E-state index contributed by atoms with van der Waals surface area (Å²) in [6.07, 6.45) is 6.02. The molecule has 32 heavy (non-hydrogen) atoms. The van der Waals surface area contributed by atoms with E-state index in [1.54, 1.807) is 18.2 Å². The third kappa shape index (κ3) is 4.51. The molecule has 0 spiro atoms. The zero-order valence-electron chi connectivity index (χ0n) is 18.0. The Morgan fingerprint density at radius 3 is 2.44 bits per heavy atom. The number of carbonyl (C=O) groups is 5. The molecule has 3 aliphatic heterocycles. The Morgan fingerprint density at radius 1 is 1.00 bits per heavy atom. The average molecular weight is 441 g/mol. The van der Waals surface area contributed by atoms with Crippen LogP contribution in [-0.4, -0.2) is 65.1 Å². The lowest BCUT2D eigenvalue weighted by Gasteiger charge is -2.27. The van der Waals surface area contributed by atoms with Crippen LogP contribution >= 0.6 is 0 Å². The van der Waals surface area contributed by atoms with Gasteiger partial charge in [-0.2, -0.15) is 0 Å². The Kier molecular flexibility index (Phi) is 6.53. The highest BCUT2D eigenvalue weighted by molar-refractivity contribution is 6.23. The first kappa shape index (κ1) is 22.0. The molecular formula is C23H28N4O5. The van der Waals surface area contributed by atoms with E-state index in [1.165, 1.54) is 12.8 Å². The molecule has 0 bridgehead atoms. The zero-order valence-corrected chi connectivity index (χ0v) is 18.0. The summed E-state index contributed by atoms with van der Waals surface area (Å²) >= 11 is 0. The number of imide groups is 2. The summed E-state index contributed by atoms with van der Waals surface area (Å²) in [4.78, 5) is 64.3. The largest absolute Gasteiger partial charge is 0.338 e. The molecule has 1 unspecified atom stereocenters. The van der Waals surface area contributed by atoms with Gasteiger partial charge in [0.15, 0.2) is 0 Å². The summed E-state index contributed by atoms with van der Waals surface area (Å²) in [5, 5.41) is 5.16. The molecule has 1 aromatic rings. The second-order valence-electron chi connectivity index (χ2n) is 8.56. The number of likely N-dealkylation sites (tertiary alicyclic amines) is 1. The quantitative estimate of drug-likeness (QED) is 0.533. The van der Waals surface area contributed by atoms with Crippen LogP contribution in [0, 0.1) is 0 Å². The van der Waals surface area contributed by atoms with Gasteiger partial charge in [0.05, 0.1) is 11.1 Å². The van der Waals surface area contributed by atoms with Gasteiger partial charge in [0.1, 0.15) is 6.04 Å². The number of hydrogen-bond acceptors (Lipinski definition) is 5. The number of amides is 6. The molecule has 9 nitrogen and oxygen atoms in total. The number of nitrogens with one attached hydrogen (secondary N) is 2. The van der Waals surface area contributed by atoms with Gasteiger partial charge in [-0.3, -0.25) is 29.4 Å². The van der Waals surface area contributed by atoms with Crippen LogP contribution in [0.25, 0.3) is 0 Å². The summed E-state index contributed by atoms with van der Waals surface area (Å²) in [5.41, 5.74) is 1.45. The number of aryl methyl sites for hydroxylation is 1. The highest BCUT2D eigenvalue weighted by Crippen LogP contribution is 2.28. The average Bonchev–Trinajstić information content (AvgIpc) is 2.96. The number of nitrogens with zero attached hydrogens (tertiary/aromatic N) is 2. The van der Waals surface area contributed by atoms with E-state index in [2.05, 4.69) is 10.6 Å². The first-order valence-corrected chi connectivity index (χ1v) is 11.3. The van der Waals surface area contributed by atoms with Gasteiger partial charge in [0.2, 0.25) is 11.8 Å². The first-order chi connectivity index (χ1) is 15.5. The van der Waals surface area contributed by atoms with Crippen LogP contribution in [0.2, 0.25) is 0 Å². The lowest BCUT2D eigenvalue weighted by Crippen LogP contribution is -2.54. The van der Waals surface area contributed by atoms with Crippen molar-refractivity contribution in [3.05, 3.63) is 34.9 Å². The summed E-state index contributed by atoms with van der Waals surface area (Å²) in [5.74, 6) is -2.02. The van der Waals surface area contributed by atoms with Crippen molar-refractivity contribution >= 4 is 29.7 Å². The van der Waals surface area contributed by atoms with E-state index in [-0.39, 0.29) is 30.0 Å². The number of carbonyl (C=O) groups excluding carboxylic acids is 5. The minimum atomic E-state index is -0.960. The van der Waals surface area contributed by atoms with Crippen LogP contribution in [0.5, 0.6) is 0 Å². The van der Waals surface area contributed by atoms with Crippen LogP contribution in [0.4, 0.5) is 4.79 Å². The second-order valence-corrected chi connectivity index (χ2v) is 8.56. The summed E-state index contributed by atoms with van der Waals surface area (Å²) in [6.45, 7) is 2.13. The molecule has 3 heterocycles. The lowest BCUT2D eigenvalue weighted by atomic mass is 10.0. The zero-order chi connectivity index (χ0) is 22.7. The van der Waals surface area contributed by atoms with Crippen molar-refractivity contribution < 1.29 is 24.0 Å². The van der Waals surface area contributed by atoms with Crippen LogP contribution < -0.4 is 10.6 Å². The van der Waals surface area contributed by atoms with E-state index in [0.717, 1.165) is 36.4 Å². The predicted octanol–water partition coefficient (Wildman–Crippen LogP) is 1.61. The standard InChI is InChI=1S/C23H28N4O5/c28-19-10-9-18(20(29)25-19)27-21(30)16-8-7-15(14-17(16)22(27)31)6-5-11-24-23(32)26-12-3-1-2-4-13-26/h7-8,14,18H,1-6,9-13H2,(H,24,32)(H,25,28,29). The summed E-state index contributed by atoms with van der Waals surface area (Å²) in [6, 6.07) is 4.12. The van der Waals surface area contributed by atoms with Crippen molar-refractivity contribution in [3.8, 4) is 0 Å². The van der Waals surface area contributed by atoms with Gasteiger partial charge >= 0.3 is 6.03 Å². The molecule has 0 radical (unpaired) electrons. The molecule has 170 valence electrons. The SMILES string of the molecule is O=C1CCC(N2C(=O)c3ccc(CCCNC(=O)N4CCCCCC4)cc3C2=O)C(=O)N1.